The first-order chi connectivity index (χ1) is 15.4. The zero-order chi connectivity index (χ0) is 23.3. The van der Waals surface area contributed by atoms with Crippen LogP contribution >= 0.6 is 22.6 Å². The van der Waals surface area contributed by atoms with Gasteiger partial charge in [-0.1, -0.05) is 6.07 Å². The average Bonchev–Trinajstić information content (AvgIpc) is 2.76. The largest absolute Gasteiger partial charge is 0.494 e. The molecule has 0 bridgehead atoms. The van der Waals surface area contributed by atoms with Gasteiger partial charge in [-0.2, -0.15) is 0 Å². The maximum Gasteiger partial charge on any atom is 0.415 e. The van der Waals surface area contributed by atoms with Gasteiger partial charge < -0.3 is 19.5 Å². The van der Waals surface area contributed by atoms with E-state index in [1.807, 2.05) is 32.0 Å². The average molecular weight is 549 g/mol. The molecule has 0 saturated carbocycles. The molecule has 0 aliphatic rings. The molecule has 0 unspecified atom stereocenters. The summed E-state index contributed by atoms with van der Waals surface area (Å²) < 4.78 is 11.8. The number of hydrogen-bond acceptors (Lipinski definition) is 6. The molecular weight excluding hydrogens is 525 g/mol. The SMILES string of the molecule is CCN(CC)C(=O)Oc1cc(CN=Cc2c(O)[nH]c(=O)c3ccc(I)cc23)ccc1OC. The Balaban J connectivity index is 1.87. The van der Waals surface area contributed by atoms with E-state index in [0.717, 1.165) is 9.13 Å². The maximum absolute atomic E-state index is 12.3. The highest BCUT2D eigenvalue weighted by Crippen LogP contribution is 2.29. The van der Waals surface area contributed by atoms with Gasteiger partial charge in [0.2, 0.25) is 5.88 Å². The van der Waals surface area contributed by atoms with Gasteiger partial charge in [-0.15, -0.1) is 0 Å². The van der Waals surface area contributed by atoms with Crippen molar-refractivity contribution in [2.45, 2.75) is 20.4 Å². The predicted molar refractivity (Wildman–Crippen MR) is 132 cm³/mol. The standard InChI is InChI=1S/C23H24IN3O5/c1-4-27(5-2)23(30)32-20-10-14(6-9-19(20)31-3)12-25-13-18-17-11-15(24)7-8-16(17)21(28)26-22(18)29/h6-11,13H,4-5,12H2,1-3H3,(H2,26,28,29). The predicted octanol–water partition coefficient (Wildman–Crippen LogP) is 4.31. The monoisotopic (exact) mass is 549 g/mol. The number of ether oxygens (including phenoxy) is 2. The van der Waals surface area contributed by atoms with Crippen molar-refractivity contribution in [2.75, 3.05) is 20.2 Å². The van der Waals surface area contributed by atoms with Crippen LogP contribution in [0.25, 0.3) is 10.8 Å². The topological polar surface area (TPSA) is 104 Å². The Morgan fingerprint density at radius 1 is 1.16 bits per heavy atom. The van der Waals surface area contributed by atoms with Gasteiger partial charge in [0.1, 0.15) is 0 Å². The summed E-state index contributed by atoms with van der Waals surface area (Å²) in [5.41, 5.74) is 0.855. The lowest BCUT2D eigenvalue weighted by Crippen LogP contribution is -2.33. The number of nitrogens with zero attached hydrogens (tertiary/aromatic N) is 2. The first-order valence-corrected chi connectivity index (χ1v) is 11.1. The molecular formula is C23H24IN3O5. The molecule has 0 radical (unpaired) electrons. The van der Waals surface area contributed by atoms with E-state index in [1.165, 1.54) is 13.3 Å². The van der Waals surface area contributed by atoms with E-state index in [-0.39, 0.29) is 18.0 Å². The van der Waals surface area contributed by atoms with E-state index >= 15 is 0 Å². The smallest absolute Gasteiger partial charge is 0.415 e. The number of halogens is 1. The second-order valence-corrected chi connectivity index (χ2v) is 8.15. The fourth-order valence-electron chi connectivity index (χ4n) is 3.22. The molecule has 0 saturated heterocycles. The molecule has 0 atom stereocenters. The van der Waals surface area contributed by atoms with Gasteiger partial charge in [-0.05, 0) is 72.3 Å². The molecule has 1 amide bonds. The minimum absolute atomic E-state index is 0.239. The molecule has 0 spiro atoms. The van der Waals surface area contributed by atoms with Crippen LogP contribution in [-0.2, 0) is 6.54 Å². The van der Waals surface area contributed by atoms with Crippen LogP contribution in [0.3, 0.4) is 0 Å². The maximum atomic E-state index is 12.3. The van der Waals surface area contributed by atoms with Crippen LogP contribution in [-0.4, -0.2) is 47.5 Å². The number of aromatic hydroxyl groups is 1. The van der Waals surface area contributed by atoms with Crippen LogP contribution in [0, 0.1) is 3.57 Å². The minimum Gasteiger partial charge on any atom is -0.494 e. The molecule has 3 rings (SSSR count). The van der Waals surface area contributed by atoms with Gasteiger partial charge >= 0.3 is 6.09 Å². The van der Waals surface area contributed by atoms with Crippen molar-refractivity contribution in [1.29, 1.82) is 0 Å². The summed E-state index contributed by atoms with van der Waals surface area (Å²) >= 11 is 2.15. The highest BCUT2D eigenvalue weighted by atomic mass is 127. The van der Waals surface area contributed by atoms with Crippen molar-refractivity contribution in [2.24, 2.45) is 4.99 Å². The number of aliphatic imine (C=N–C) groups is 1. The van der Waals surface area contributed by atoms with Gasteiger partial charge in [-0.25, -0.2) is 4.79 Å². The number of methoxy groups -OCH3 is 1. The lowest BCUT2D eigenvalue weighted by molar-refractivity contribution is 0.155. The Morgan fingerprint density at radius 3 is 2.59 bits per heavy atom. The third-order valence-corrected chi connectivity index (χ3v) is 5.62. The summed E-state index contributed by atoms with van der Waals surface area (Å²) in [7, 11) is 1.51. The van der Waals surface area contributed by atoms with Crippen molar-refractivity contribution in [3.8, 4) is 17.4 Å². The summed E-state index contributed by atoms with van der Waals surface area (Å²) in [5, 5.41) is 11.3. The molecule has 32 heavy (non-hydrogen) atoms. The number of amides is 1. The van der Waals surface area contributed by atoms with E-state index in [2.05, 4.69) is 32.6 Å². The second-order valence-electron chi connectivity index (χ2n) is 6.90. The summed E-state index contributed by atoms with van der Waals surface area (Å²) in [6, 6.07) is 10.6. The Morgan fingerprint density at radius 2 is 1.91 bits per heavy atom. The molecule has 2 aromatic carbocycles. The van der Waals surface area contributed by atoms with Crippen LogP contribution in [0.15, 0.2) is 46.2 Å². The summed E-state index contributed by atoms with van der Waals surface area (Å²) in [4.78, 5) is 32.9. The first-order valence-electron chi connectivity index (χ1n) is 10.1. The molecule has 1 heterocycles. The zero-order valence-corrected chi connectivity index (χ0v) is 20.2. The number of carbonyl (C=O) groups is 1. The molecule has 8 nitrogen and oxygen atoms in total. The fraction of sp³-hybridized carbons (Fsp3) is 0.261. The molecule has 0 aliphatic heterocycles. The minimum atomic E-state index is -0.451. The number of benzene rings is 2. The number of nitrogens with one attached hydrogen (secondary N) is 1. The Bertz CT molecular complexity index is 1220. The Kier molecular flexibility index (Phi) is 7.73. The quantitative estimate of drug-likeness (QED) is 0.338. The molecule has 1 aromatic heterocycles. The number of hydrogen-bond donors (Lipinski definition) is 2. The highest BCUT2D eigenvalue weighted by Gasteiger charge is 2.16. The van der Waals surface area contributed by atoms with Crippen LogP contribution in [0.1, 0.15) is 25.0 Å². The van der Waals surface area contributed by atoms with Crippen LogP contribution in [0.5, 0.6) is 17.4 Å². The fourth-order valence-corrected chi connectivity index (χ4v) is 3.71. The third kappa shape index (κ3) is 5.21. The molecule has 3 aromatic rings. The van der Waals surface area contributed by atoms with Crippen LogP contribution < -0.4 is 15.0 Å². The van der Waals surface area contributed by atoms with E-state index < -0.39 is 6.09 Å². The van der Waals surface area contributed by atoms with E-state index in [0.29, 0.717) is 40.9 Å². The van der Waals surface area contributed by atoms with Gasteiger partial charge in [0, 0.05) is 33.6 Å². The number of rotatable bonds is 7. The zero-order valence-electron chi connectivity index (χ0n) is 18.0. The third-order valence-electron chi connectivity index (χ3n) is 4.94. The highest BCUT2D eigenvalue weighted by molar-refractivity contribution is 14.1. The molecule has 0 aliphatic carbocycles. The number of carbonyl (C=O) groups excluding carboxylic acids is 1. The van der Waals surface area contributed by atoms with E-state index in [1.54, 1.807) is 23.1 Å². The van der Waals surface area contributed by atoms with Crippen molar-refractivity contribution < 1.29 is 19.4 Å². The lowest BCUT2D eigenvalue weighted by atomic mass is 10.1. The van der Waals surface area contributed by atoms with Gasteiger partial charge in [0.25, 0.3) is 5.56 Å². The van der Waals surface area contributed by atoms with Gasteiger partial charge in [0.15, 0.2) is 11.5 Å². The van der Waals surface area contributed by atoms with Gasteiger partial charge in [-0.3, -0.25) is 14.8 Å². The van der Waals surface area contributed by atoms with Gasteiger partial charge in [0.05, 0.1) is 19.2 Å². The van der Waals surface area contributed by atoms with Crippen molar-refractivity contribution in [1.82, 2.24) is 9.88 Å². The lowest BCUT2D eigenvalue weighted by Gasteiger charge is -2.19. The van der Waals surface area contributed by atoms with Crippen LogP contribution in [0.4, 0.5) is 4.79 Å². The normalized spacial score (nSPS) is 11.1. The molecule has 168 valence electrons. The number of aromatic amines is 1. The Labute approximate surface area is 199 Å². The summed E-state index contributed by atoms with van der Waals surface area (Å²) in [6.07, 6.45) is 1.07. The van der Waals surface area contributed by atoms with E-state index in [4.69, 9.17) is 9.47 Å². The number of aromatic nitrogens is 1. The summed E-state index contributed by atoms with van der Waals surface area (Å²) in [5.74, 6) is 0.512. The first kappa shape index (κ1) is 23.6. The molecule has 2 N–H and O–H groups in total. The number of H-pyrrole nitrogens is 1. The van der Waals surface area contributed by atoms with Crippen LogP contribution in [0.2, 0.25) is 0 Å². The van der Waals surface area contributed by atoms with Crippen molar-refractivity contribution in [3.63, 3.8) is 0 Å². The van der Waals surface area contributed by atoms with Crippen molar-refractivity contribution >= 4 is 45.7 Å². The Hall–Kier alpha value is -3.08. The van der Waals surface area contributed by atoms with E-state index in [9.17, 15) is 14.7 Å². The number of fused-ring (bicyclic) bond motifs is 1. The number of pyridine rings is 1. The second kappa shape index (κ2) is 10.5. The molecule has 0 fully saturated rings. The molecule has 9 heteroatoms. The summed E-state index contributed by atoms with van der Waals surface area (Å²) in [6.45, 7) is 5.10. The van der Waals surface area contributed by atoms with Crippen molar-refractivity contribution in [3.05, 3.63) is 61.4 Å².